The fourth-order valence-electron chi connectivity index (χ4n) is 5.03. The van der Waals surface area contributed by atoms with Gasteiger partial charge in [-0.3, -0.25) is 0 Å². The smallest absolute Gasteiger partial charge is 0.104 e. The second kappa shape index (κ2) is 39.5. The van der Waals surface area contributed by atoms with Crippen LogP contribution in [0.2, 0.25) is 0 Å². The summed E-state index contributed by atoms with van der Waals surface area (Å²) in [5.74, 6) is 0. The quantitative estimate of drug-likeness (QED) is 0.0425. The largest absolute Gasteiger partial charge is 0.388 e. The first-order chi connectivity index (χ1) is 22.2. The molecule has 0 bridgehead atoms. The first kappa shape index (κ1) is 44.3. The average Bonchev–Trinajstić information content (AvgIpc) is 3.88. The van der Waals surface area contributed by atoms with Gasteiger partial charge < -0.3 is 24.1 Å². The van der Waals surface area contributed by atoms with Gasteiger partial charge in [-0.2, -0.15) is 0 Å². The Morgan fingerprint density at radius 1 is 0.533 bits per heavy atom. The summed E-state index contributed by atoms with van der Waals surface area (Å²) in [7, 11) is 0. The van der Waals surface area contributed by atoms with Crippen molar-refractivity contribution in [2.24, 2.45) is 0 Å². The van der Waals surface area contributed by atoms with E-state index in [2.05, 4.69) is 45.1 Å². The molecular formula is C40H78O5. The Kier molecular flexibility index (Phi) is 38.8. The maximum Gasteiger partial charge on any atom is 0.104 e. The molecule has 45 heavy (non-hydrogen) atoms. The molecule has 1 aliphatic rings. The third-order valence-electron chi connectivity index (χ3n) is 8.10. The van der Waals surface area contributed by atoms with Crippen LogP contribution in [0.3, 0.4) is 0 Å². The van der Waals surface area contributed by atoms with E-state index in [1.54, 1.807) is 0 Å². The van der Waals surface area contributed by atoms with E-state index < -0.39 is 6.10 Å². The van der Waals surface area contributed by atoms with Crippen molar-refractivity contribution in [3.63, 3.8) is 0 Å². The van der Waals surface area contributed by atoms with E-state index in [0.29, 0.717) is 19.3 Å². The fourth-order valence-corrected chi connectivity index (χ4v) is 5.03. The Morgan fingerprint density at radius 3 is 1.38 bits per heavy atom. The lowest BCUT2D eigenvalue weighted by molar-refractivity contribution is -0.0201. The topological polar surface area (TPSA) is 60.5 Å². The van der Waals surface area contributed by atoms with Crippen LogP contribution in [0.1, 0.15) is 175 Å². The second-order valence-electron chi connectivity index (χ2n) is 13.0. The number of ether oxygens (including phenoxy) is 4. The third kappa shape index (κ3) is 41.3. The summed E-state index contributed by atoms with van der Waals surface area (Å²) in [5.41, 5.74) is 0. The number of epoxide rings is 1. The normalized spacial score (nSPS) is 15.2. The van der Waals surface area contributed by atoms with Gasteiger partial charge in [0, 0.05) is 19.8 Å². The van der Waals surface area contributed by atoms with Gasteiger partial charge in [0.05, 0.1) is 26.4 Å². The van der Waals surface area contributed by atoms with Crippen LogP contribution in [-0.2, 0) is 18.9 Å². The monoisotopic (exact) mass is 639 g/mol. The summed E-state index contributed by atoms with van der Waals surface area (Å²) in [6.07, 6.45) is 39.9. The number of aliphatic hydroxyl groups excluding tert-OH is 1. The Hall–Kier alpha value is -0.720. The van der Waals surface area contributed by atoms with Gasteiger partial charge in [-0.05, 0) is 51.4 Å². The Balaban J connectivity index is 0.00000123. The molecule has 268 valence electrons. The van der Waals surface area contributed by atoms with E-state index in [1.807, 2.05) is 0 Å². The molecule has 0 amide bonds. The molecule has 5 heteroatoms. The number of aliphatic hydroxyl groups is 1. The van der Waals surface area contributed by atoms with E-state index in [1.165, 1.54) is 135 Å². The zero-order valence-corrected chi connectivity index (χ0v) is 30.5. The molecule has 1 aliphatic heterocycles. The van der Waals surface area contributed by atoms with Crippen molar-refractivity contribution in [3.05, 3.63) is 24.3 Å². The number of hydrogen-bond donors (Lipinski definition) is 1. The van der Waals surface area contributed by atoms with Gasteiger partial charge in [0.2, 0.25) is 0 Å². The predicted octanol–water partition coefficient (Wildman–Crippen LogP) is 11.3. The van der Waals surface area contributed by atoms with Gasteiger partial charge in [-0.25, -0.2) is 0 Å². The highest BCUT2D eigenvalue weighted by molar-refractivity contribution is 4.92. The minimum absolute atomic E-state index is 0.400. The first-order valence-corrected chi connectivity index (χ1v) is 19.6. The molecule has 0 aliphatic carbocycles. The van der Waals surface area contributed by atoms with Crippen LogP contribution in [0.15, 0.2) is 24.3 Å². The zero-order chi connectivity index (χ0) is 32.7. The number of rotatable bonds is 35. The standard InChI is InChI=1S/C29H56O3.C11H22O2/c1-3-5-7-9-11-12-13-14-15-16-17-18-19-20-22-24-26-32-28-29(30)27-31-25-23-21-10-8-6-4-2;1-2-3-4-5-6-7-8-12-9-11-10-13-11/h11-12,14-15,29-30H,3-10,13,16-28H2,1-2H3;11H,2-10H2,1H3/b12-11-,15-14-;/t29-;11-/m11/s1. The highest BCUT2D eigenvalue weighted by Crippen LogP contribution is 2.11. The van der Waals surface area contributed by atoms with E-state index in [9.17, 15) is 5.11 Å². The Bertz CT molecular complexity index is 589. The molecule has 1 fully saturated rings. The van der Waals surface area contributed by atoms with Crippen molar-refractivity contribution in [1.82, 2.24) is 0 Å². The minimum Gasteiger partial charge on any atom is -0.388 e. The van der Waals surface area contributed by atoms with Gasteiger partial charge >= 0.3 is 0 Å². The van der Waals surface area contributed by atoms with Crippen molar-refractivity contribution in [2.75, 3.05) is 46.2 Å². The summed E-state index contributed by atoms with van der Waals surface area (Å²) >= 11 is 0. The molecule has 1 N–H and O–H groups in total. The van der Waals surface area contributed by atoms with Crippen molar-refractivity contribution < 1.29 is 24.1 Å². The summed E-state index contributed by atoms with van der Waals surface area (Å²) in [4.78, 5) is 0. The van der Waals surface area contributed by atoms with Crippen LogP contribution in [0.5, 0.6) is 0 Å². The molecular weight excluding hydrogens is 560 g/mol. The molecule has 1 heterocycles. The van der Waals surface area contributed by atoms with Crippen molar-refractivity contribution in [1.29, 1.82) is 0 Å². The third-order valence-corrected chi connectivity index (χ3v) is 8.10. The highest BCUT2D eigenvalue weighted by atomic mass is 16.6. The molecule has 1 saturated heterocycles. The van der Waals surface area contributed by atoms with Gasteiger partial charge in [0.1, 0.15) is 12.2 Å². The average molecular weight is 639 g/mol. The SMILES string of the molecule is CCCCC/C=C\C/C=C\CCCCCCCCOC[C@H](O)COCCCCCCCC.CCCCCCCCOC[C@@H]1CO1. The lowest BCUT2D eigenvalue weighted by Crippen LogP contribution is -2.22. The molecule has 0 unspecified atom stereocenters. The molecule has 5 nitrogen and oxygen atoms in total. The summed E-state index contributed by atoms with van der Waals surface area (Å²) < 4.78 is 21.6. The second-order valence-corrected chi connectivity index (χ2v) is 13.0. The maximum absolute atomic E-state index is 9.90. The first-order valence-electron chi connectivity index (χ1n) is 19.6. The van der Waals surface area contributed by atoms with Crippen LogP contribution >= 0.6 is 0 Å². The van der Waals surface area contributed by atoms with Crippen LogP contribution in [0.4, 0.5) is 0 Å². The molecule has 2 atom stereocenters. The summed E-state index contributed by atoms with van der Waals surface area (Å²) in [6, 6.07) is 0. The lowest BCUT2D eigenvalue weighted by atomic mass is 10.1. The molecule has 0 aromatic rings. The van der Waals surface area contributed by atoms with E-state index in [-0.39, 0.29) is 0 Å². The molecule has 1 rings (SSSR count). The van der Waals surface area contributed by atoms with Crippen LogP contribution in [-0.4, -0.2) is 63.6 Å². The number of hydrogen-bond acceptors (Lipinski definition) is 5. The lowest BCUT2D eigenvalue weighted by Gasteiger charge is -2.12. The van der Waals surface area contributed by atoms with E-state index >= 15 is 0 Å². The molecule has 0 aromatic carbocycles. The van der Waals surface area contributed by atoms with E-state index in [0.717, 1.165) is 52.3 Å². The zero-order valence-electron chi connectivity index (χ0n) is 30.5. The van der Waals surface area contributed by atoms with Crippen molar-refractivity contribution >= 4 is 0 Å². The Morgan fingerprint density at radius 2 is 0.911 bits per heavy atom. The minimum atomic E-state index is -0.486. The number of unbranched alkanes of at least 4 members (excludes halogenated alkanes) is 19. The molecule has 0 spiro atoms. The van der Waals surface area contributed by atoms with Gasteiger partial charge in [0.25, 0.3) is 0 Å². The van der Waals surface area contributed by atoms with Crippen molar-refractivity contribution in [3.8, 4) is 0 Å². The molecule has 0 aromatic heterocycles. The van der Waals surface area contributed by atoms with Gasteiger partial charge in [-0.1, -0.05) is 148 Å². The van der Waals surface area contributed by atoms with Gasteiger partial charge in [0.15, 0.2) is 0 Å². The van der Waals surface area contributed by atoms with Gasteiger partial charge in [-0.15, -0.1) is 0 Å². The predicted molar refractivity (Wildman–Crippen MR) is 194 cm³/mol. The van der Waals surface area contributed by atoms with Crippen molar-refractivity contribution in [2.45, 2.75) is 187 Å². The summed E-state index contributed by atoms with van der Waals surface area (Å²) in [5, 5.41) is 9.90. The molecule has 0 radical (unpaired) electrons. The van der Waals surface area contributed by atoms with E-state index in [4.69, 9.17) is 18.9 Å². The summed E-state index contributed by atoms with van der Waals surface area (Å²) in [6.45, 7) is 11.7. The van der Waals surface area contributed by atoms with Crippen LogP contribution in [0, 0.1) is 0 Å². The Labute approximate surface area is 281 Å². The molecule has 0 saturated carbocycles. The maximum atomic E-state index is 9.90. The fraction of sp³-hybridized carbons (Fsp3) is 0.900. The highest BCUT2D eigenvalue weighted by Gasteiger charge is 2.21. The van der Waals surface area contributed by atoms with Crippen LogP contribution < -0.4 is 0 Å². The van der Waals surface area contributed by atoms with Crippen LogP contribution in [0.25, 0.3) is 0 Å². The number of allylic oxidation sites excluding steroid dienone is 4.